The first-order chi connectivity index (χ1) is 11.2. The summed E-state index contributed by atoms with van der Waals surface area (Å²) in [5, 5.41) is 1.17. The number of aromatic amines is 1. The molecule has 4 nitrogen and oxygen atoms in total. The number of carbonyl (C=O) groups is 1. The van der Waals surface area contributed by atoms with Crippen LogP contribution in [0, 0.1) is 0 Å². The Balaban J connectivity index is 1.46. The van der Waals surface area contributed by atoms with Crippen molar-refractivity contribution < 1.29 is 4.79 Å². The van der Waals surface area contributed by atoms with Crippen molar-refractivity contribution >= 4 is 16.8 Å². The molecule has 0 saturated heterocycles. The molecule has 1 aliphatic heterocycles. The normalized spacial score (nSPS) is 14.9. The van der Waals surface area contributed by atoms with E-state index in [4.69, 9.17) is 5.73 Å². The maximum absolute atomic E-state index is 12.6. The van der Waals surface area contributed by atoms with Gasteiger partial charge in [-0.25, -0.2) is 0 Å². The molecule has 3 N–H and O–H groups in total. The predicted octanol–water partition coefficient (Wildman–Crippen LogP) is 2.58. The van der Waals surface area contributed by atoms with E-state index in [9.17, 15) is 4.79 Å². The van der Waals surface area contributed by atoms with Gasteiger partial charge in [-0.3, -0.25) is 4.79 Å². The zero-order valence-electron chi connectivity index (χ0n) is 12.8. The number of hydrogen-bond acceptors (Lipinski definition) is 2. The molecule has 0 radical (unpaired) electrons. The van der Waals surface area contributed by atoms with Crippen LogP contribution >= 0.6 is 0 Å². The minimum absolute atomic E-state index is 0.0211. The number of amides is 1. The number of carbonyl (C=O) groups excluding carboxylic acids is 1. The highest BCUT2D eigenvalue weighted by Crippen LogP contribution is 2.23. The Morgan fingerprint density at radius 1 is 1.13 bits per heavy atom. The van der Waals surface area contributed by atoms with Gasteiger partial charge in [0.15, 0.2) is 0 Å². The number of fused-ring (bicyclic) bond motifs is 2. The molecule has 116 valence electrons. The number of benzene rings is 2. The molecule has 1 aromatic heterocycles. The lowest BCUT2D eigenvalue weighted by Gasteiger charge is -2.20. The van der Waals surface area contributed by atoms with Gasteiger partial charge in [0.25, 0.3) is 0 Å². The molecule has 0 bridgehead atoms. The molecule has 2 heterocycles. The number of nitrogens with two attached hydrogens (primary N) is 1. The van der Waals surface area contributed by atoms with Gasteiger partial charge in [0, 0.05) is 24.8 Å². The second-order valence-corrected chi connectivity index (χ2v) is 6.17. The molecule has 4 heteroatoms. The van der Waals surface area contributed by atoms with Gasteiger partial charge in [0.2, 0.25) is 5.91 Å². The minimum atomic E-state index is -0.503. The van der Waals surface area contributed by atoms with Crippen LogP contribution in [-0.2, 0) is 24.3 Å². The molecular formula is C19H19N3O. The third-order valence-corrected chi connectivity index (χ3v) is 4.54. The fourth-order valence-electron chi connectivity index (χ4n) is 3.29. The largest absolute Gasteiger partial charge is 0.361 e. The van der Waals surface area contributed by atoms with Gasteiger partial charge in [-0.05, 0) is 40.6 Å². The molecule has 2 aromatic carbocycles. The zero-order valence-corrected chi connectivity index (χ0v) is 12.8. The maximum atomic E-state index is 12.6. The Labute approximate surface area is 134 Å². The van der Waals surface area contributed by atoms with Gasteiger partial charge >= 0.3 is 0 Å². The summed E-state index contributed by atoms with van der Waals surface area (Å²) in [6.45, 7) is 1.33. The van der Waals surface area contributed by atoms with E-state index in [0.29, 0.717) is 19.5 Å². The van der Waals surface area contributed by atoms with Gasteiger partial charge in [-0.1, -0.05) is 36.4 Å². The molecule has 1 aliphatic rings. The van der Waals surface area contributed by atoms with Gasteiger partial charge < -0.3 is 15.6 Å². The van der Waals surface area contributed by atoms with Crippen LogP contribution in [0.4, 0.5) is 0 Å². The zero-order chi connectivity index (χ0) is 15.8. The second kappa shape index (κ2) is 5.56. The molecule has 0 aliphatic carbocycles. The van der Waals surface area contributed by atoms with Crippen molar-refractivity contribution in [3.05, 3.63) is 71.4 Å². The van der Waals surface area contributed by atoms with Crippen molar-refractivity contribution in [3.8, 4) is 0 Å². The summed E-state index contributed by atoms with van der Waals surface area (Å²) in [4.78, 5) is 17.7. The van der Waals surface area contributed by atoms with E-state index in [1.54, 1.807) is 0 Å². The number of nitrogens with one attached hydrogen (secondary N) is 1. The summed E-state index contributed by atoms with van der Waals surface area (Å²) in [7, 11) is 0. The van der Waals surface area contributed by atoms with E-state index in [1.165, 1.54) is 16.5 Å². The monoisotopic (exact) mass is 305 g/mol. The smallest absolute Gasteiger partial charge is 0.240 e. The van der Waals surface area contributed by atoms with Gasteiger partial charge in [0.05, 0.1) is 6.04 Å². The lowest BCUT2D eigenvalue weighted by atomic mass is 10.0. The Morgan fingerprint density at radius 3 is 2.61 bits per heavy atom. The Hall–Kier alpha value is -2.59. The predicted molar refractivity (Wildman–Crippen MR) is 90.7 cm³/mol. The number of nitrogens with zero attached hydrogens (tertiary/aromatic N) is 1. The van der Waals surface area contributed by atoms with Crippen molar-refractivity contribution in [2.45, 2.75) is 25.6 Å². The van der Waals surface area contributed by atoms with E-state index < -0.39 is 6.04 Å². The van der Waals surface area contributed by atoms with E-state index in [-0.39, 0.29) is 5.91 Å². The van der Waals surface area contributed by atoms with E-state index >= 15 is 0 Å². The molecule has 1 amide bonds. The van der Waals surface area contributed by atoms with Gasteiger partial charge in [0.1, 0.15) is 0 Å². The fourth-order valence-corrected chi connectivity index (χ4v) is 3.29. The lowest BCUT2D eigenvalue weighted by Crippen LogP contribution is -2.42. The SMILES string of the molecule is NC(Cc1ccc2cc[nH]c2c1)C(=O)N1Cc2ccccc2C1. The van der Waals surface area contributed by atoms with Gasteiger partial charge in [-0.2, -0.15) is 0 Å². The number of H-pyrrole nitrogens is 1. The summed E-state index contributed by atoms with van der Waals surface area (Å²) in [6, 6.07) is 15.9. The highest BCUT2D eigenvalue weighted by molar-refractivity contribution is 5.83. The number of rotatable bonds is 3. The molecule has 0 fully saturated rings. The molecule has 3 aromatic rings. The first-order valence-electron chi connectivity index (χ1n) is 7.88. The highest BCUT2D eigenvalue weighted by Gasteiger charge is 2.26. The van der Waals surface area contributed by atoms with Crippen molar-refractivity contribution in [2.24, 2.45) is 5.73 Å². The Bertz CT molecular complexity index is 843. The average molecular weight is 305 g/mol. The van der Waals surface area contributed by atoms with E-state index in [0.717, 1.165) is 11.1 Å². The van der Waals surface area contributed by atoms with Crippen LogP contribution in [0.3, 0.4) is 0 Å². The van der Waals surface area contributed by atoms with Crippen LogP contribution in [0.5, 0.6) is 0 Å². The lowest BCUT2D eigenvalue weighted by molar-refractivity contribution is -0.133. The summed E-state index contributed by atoms with van der Waals surface area (Å²) < 4.78 is 0. The molecular weight excluding hydrogens is 286 g/mol. The molecule has 1 atom stereocenters. The second-order valence-electron chi connectivity index (χ2n) is 6.17. The molecule has 0 spiro atoms. The van der Waals surface area contributed by atoms with E-state index in [2.05, 4.69) is 29.2 Å². The van der Waals surface area contributed by atoms with Crippen LogP contribution in [0.25, 0.3) is 10.9 Å². The van der Waals surface area contributed by atoms with Crippen LogP contribution < -0.4 is 5.73 Å². The van der Waals surface area contributed by atoms with E-state index in [1.807, 2.05) is 35.4 Å². The summed E-state index contributed by atoms with van der Waals surface area (Å²) in [5.41, 5.74) is 10.8. The highest BCUT2D eigenvalue weighted by atomic mass is 16.2. The summed E-state index contributed by atoms with van der Waals surface area (Å²) in [5.74, 6) is 0.0211. The standard InChI is InChI=1S/C19H19N3O/c20-17(9-13-5-6-14-7-8-21-18(14)10-13)19(23)22-11-15-3-1-2-4-16(15)12-22/h1-8,10,17,21H,9,11-12,20H2. The third-order valence-electron chi connectivity index (χ3n) is 4.54. The minimum Gasteiger partial charge on any atom is -0.361 e. The first kappa shape index (κ1) is 14.0. The summed E-state index contributed by atoms with van der Waals surface area (Å²) >= 11 is 0. The average Bonchev–Trinajstić information content (AvgIpc) is 3.19. The third kappa shape index (κ3) is 2.62. The summed E-state index contributed by atoms with van der Waals surface area (Å²) in [6.07, 6.45) is 2.47. The fraction of sp³-hybridized carbons (Fsp3) is 0.211. The topological polar surface area (TPSA) is 62.1 Å². The van der Waals surface area contributed by atoms with Crippen molar-refractivity contribution in [3.63, 3.8) is 0 Å². The Morgan fingerprint density at radius 2 is 1.87 bits per heavy atom. The van der Waals surface area contributed by atoms with Crippen molar-refractivity contribution in [2.75, 3.05) is 0 Å². The number of hydrogen-bond donors (Lipinski definition) is 2. The Kier molecular flexibility index (Phi) is 3.39. The quantitative estimate of drug-likeness (QED) is 0.781. The molecule has 0 saturated carbocycles. The van der Waals surface area contributed by atoms with Gasteiger partial charge in [-0.15, -0.1) is 0 Å². The van der Waals surface area contributed by atoms with Crippen LogP contribution in [-0.4, -0.2) is 21.8 Å². The molecule has 4 rings (SSSR count). The van der Waals surface area contributed by atoms with Crippen molar-refractivity contribution in [1.29, 1.82) is 0 Å². The van der Waals surface area contributed by atoms with Crippen LogP contribution in [0.2, 0.25) is 0 Å². The molecule has 1 unspecified atom stereocenters. The van der Waals surface area contributed by atoms with Crippen LogP contribution in [0.1, 0.15) is 16.7 Å². The van der Waals surface area contributed by atoms with Crippen molar-refractivity contribution in [1.82, 2.24) is 9.88 Å². The molecule has 23 heavy (non-hydrogen) atoms. The van der Waals surface area contributed by atoms with Crippen LogP contribution in [0.15, 0.2) is 54.7 Å². The number of aromatic nitrogens is 1. The first-order valence-corrected chi connectivity index (χ1v) is 7.88. The maximum Gasteiger partial charge on any atom is 0.240 e.